The molecule has 1 aromatic rings. The SMILES string of the molecule is Brc1ccc2c(c1)CC(CNCCN1CCCCC1)O2. The summed E-state index contributed by atoms with van der Waals surface area (Å²) in [6.07, 6.45) is 5.46. The molecule has 2 aliphatic heterocycles. The van der Waals surface area contributed by atoms with Gasteiger partial charge in [0.15, 0.2) is 0 Å². The van der Waals surface area contributed by atoms with Gasteiger partial charge in [0.2, 0.25) is 0 Å². The van der Waals surface area contributed by atoms with Gasteiger partial charge in [0.05, 0.1) is 0 Å². The Morgan fingerprint density at radius 3 is 2.95 bits per heavy atom. The number of nitrogens with one attached hydrogen (secondary N) is 1. The Morgan fingerprint density at radius 1 is 1.25 bits per heavy atom. The van der Waals surface area contributed by atoms with E-state index in [1.54, 1.807) is 0 Å². The highest BCUT2D eigenvalue weighted by Gasteiger charge is 2.22. The van der Waals surface area contributed by atoms with Crippen molar-refractivity contribution in [2.45, 2.75) is 31.8 Å². The number of piperidine rings is 1. The highest BCUT2D eigenvalue weighted by Crippen LogP contribution is 2.30. The standard InChI is InChI=1S/C16H23BrN2O/c17-14-4-5-16-13(10-14)11-15(20-16)12-18-6-9-19-7-2-1-3-8-19/h4-5,10,15,18H,1-3,6-9,11-12H2. The van der Waals surface area contributed by atoms with Crippen molar-refractivity contribution in [1.29, 1.82) is 0 Å². The summed E-state index contributed by atoms with van der Waals surface area (Å²) in [5, 5.41) is 3.55. The number of rotatable bonds is 5. The van der Waals surface area contributed by atoms with Gasteiger partial charge < -0.3 is 15.0 Å². The number of benzene rings is 1. The van der Waals surface area contributed by atoms with Gasteiger partial charge in [-0.25, -0.2) is 0 Å². The molecule has 1 saturated heterocycles. The van der Waals surface area contributed by atoms with Gasteiger partial charge in [0, 0.05) is 30.5 Å². The van der Waals surface area contributed by atoms with Crippen molar-refractivity contribution in [2.24, 2.45) is 0 Å². The molecule has 0 radical (unpaired) electrons. The summed E-state index contributed by atoms with van der Waals surface area (Å²) >= 11 is 3.52. The van der Waals surface area contributed by atoms with Gasteiger partial charge in [-0.3, -0.25) is 0 Å². The summed E-state index contributed by atoms with van der Waals surface area (Å²) in [4.78, 5) is 2.57. The van der Waals surface area contributed by atoms with E-state index >= 15 is 0 Å². The van der Waals surface area contributed by atoms with E-state index in [0.29, 0.717) is 6.10 Å². The van der Waals surface area contributed by atoms with Crippen molar-refractivity contribution in [3.8, 4) is 5.75 Å². The molecule has 2 aliphatic rings. The summed E-state index contributed by atoms with van der Waals surface area (Å²) in [7, 11) is 0. The summed E-state index contributed by atoms with van der Waals surface area (Å²) in [5.41, 5.74) is 1.32. The molecule has 0 saturated carbocycles. The van der Waals surface area contributed by atoms with E-state index in [1.165, 1.54) is 44.5 Å². The quantitative estimate of drug-likeness (QED) is 0.835. The van der Waals surface area contributed by atoms with Gasteiger partial charge in [0.25, 0.3) is 0 Å². The normalized spacial score (nSPS) is 22.6. The maximum absolute atomic E-state index is 5.96. The highest BCUT2D eigenvalue weighted by molar-refractivity contribution is 9.10. The maximum atomic E-state index is 5.96. The van der Waals surface area contributed by atoms with Crippen LogP contribution in [0.1, 0.15) is 24.8 Å². The van der Waals surface area contributed by atoms with Crippen molar-refractivity contribution in [3.63, 3.8) is 0 Å². The van der Waals surface area contributed by atoms with Crippen LogP contribution in [-0.4, -0.2) is 43.7 Å². The number of hydrogen-bond donors (Lipinski definition) is 1. The highest BCUT2D eigenvalue weighted by atomic mass is 79.9. The molecule has 20 heavy (non-hydrogen) atoms. The molecule has 3 rings (SSSR count). The molecule has 1 N–H and O–H groups in total. The molecule has 1 atom stereocenters. The van der Waals surface area contributed by atoms with Crippen molar-refractivity contribution >= 4 is 15.9 Å². The molecule has 1 aromatic carbocycles. The van der Waals surface area contributed by atoms with E-state index in [0.717, 1.165) is 29.7 Å². The minimum Gasteiger partial charge on any atom is -0.488 e. The third-order valence-electron chi connectivity index (χ3n) is 4.19. The van der Waals surface area contributed by atoms with Crippen molar-refractivity contribution in [3.05, 3.63) is 28.2 Å². The third kappa shape index (κ3) is 3.74. The van der Waals surface area contributed by atoms with E-state index in [1.807, 2.05) is 6.07 Å². The molecule has 0 spiro atoms. The fraction of sp³-hybridized carbons (Fsp3) is 0.625. The van der Waals surface area contributed by atoms with Crippen LogP contribution in [-0.2, 0) is 6.42 Å². The van der Waals surface area contributed by atoms with E-state index in [4.69, 9.17) is 4.74 Å². The number of ether oxygens (including phenoxy) is 1. The lowest BCUT2D eigenvalue weighted by Crippen LogP contribution is -2.38. The first-order valence-electron chi connectivity index (χ1n) is 7.69. The summed E-state index contributed by atoms with van der Waals surface area (Å²) in [6, 6.07) is 6.28. The fourth-order valence-electron chi connectivity index (χ4n) is 3.09. The Hall–Kier alpha value is -0.580. The third-order valence-corrected chi connectivity index (χ3v) is 4.68. The van der Waals surface area contributed by atoms with Gasteiger partial charge in [-0.15, -0.1) is 0 Å². The van der Waals surface area contributed by atoms with Crippen LogP contribution in [0.5, 0.6) is 5.75 Å². The van der Waals surface area contributed by atoms with Crippen LogP contribution in [0, 0.1) is 0 Å². The Balaban J connectivity index is 1.36. The monoisotopic (exact) mass is 338 g/mol. The molecule has 4 heteroatoms. The average molecular weight is 339 g/mol. The number of halogens is 1. The minimum atomic E-state index is 0.292. The Bertz CT molecular complexity index is 446. The second kappa shape index (κ2) is 6.92. The van der Waals surface area contributed by atoms with Gasteiger partial charge >= 0.3 is 0 Å². The molecule has 1 unspecified atom stereocenters. The maximum Gasteiger partial charge on any atom is 0.123 e. The Kier molecular flexibility index (Phi) is 4.97. The molecule has 3 nitrogen and oxygen atoms in total. The van der Waals surface area contributed by atoms with Gasteiger partial charge in [-0.2, -0.15) is 0 Å². The van der Waals surface area contributed by atoms with E-state index < -0.39 is 0 Å². The lowest BCUT2D eigenvalue weighted by molar-refractivity contribution is 0.209. The van der Waals surface area contributed by atoms with Crippen LogP contribution >= 0.6 is 15.9 Å². The van der Waals surface area contributed by atoms with E-state index in [2.05, 4.69) is 38.3 Å². The zero-order valence-electron chi connectivity index (χ0n) is 11.9. The second-order valence-electron chi connectivity index (χ2n) is 5.80. The number of likely N-dealkylation sites (tertiary alicyclic amines) is 1. The smallest absolute Gasteiger partial charge is 0.123 e. The molecule has 110 valence electrons. The van der Waals surface area contributed by atoms with E-state index in [9.17, 15) is 0 Å². The molecular weight excluding hydrogens is 316 g/mol. The Morgan fingerprint density at radius 2 is 2.10 bits per heavy atom. The molecule has 0 bridgehead atoms. The Labute approximate surface area is 129 Å². The molecule has 0 aliphatic carbocycles. The van der Waals surface area contributed by atoms with Crippen LogP contribution in [0.25, 0.3) is 0 Å². The average Bonchev–Trinajstić information content (AvgIpc) is 2.86. The minimum absolute atomic E-state index is 0.292. The van der Waals surface area contributed by atoms with Crippen LogP contribution in [0.15, 0.2) is 22.7 Å². The number of hydrogen-bond acceptors (Lipinski definition) is 3. The zero-order valence-corrected chi connectivity index (χ0v) is 13.5. The molecule has 0 amide bonds. The number of fused-ring (bicyclic) bond motifs is 1. The first-order valence-corrected chi connectivity index (χ1v) is 8.49. The van der Waals surface area contributed by atoms with Crippen LogP contribution in [0.3, 0.4) is 0 Å². The van der Waals surface area contributed by atoms with Crippen LogP contribution < -0.4 is 10.1 Å². The van der Waals surface area contributed by atoms with Gasteiger partial charge in [0.1, 0.15) is 11.9 Å². The molecule has 0 aromatic heterocycles. The lowest BCUT2D eigenvalue weighted by atomic mass is 10.1. The summed E-state index contributed by atoms with van der Waals surface area (Å²) < 4.78 is 7.09. The predicted molar refractivity (Wildman–Crippen MR) is 85.4 cm³/mol. The molecule has 2 heterocycles. The van der Waals surface area contributed by atoms with Crippen molar-refractivity contribution in [2.75, 3.05) is 32.7 Å². The largest absolute Gasteiger partial charge is 0.488 e. The van der Waals surface area contributed by atoms with Crippen molar-refractivity contribution in [1.82, 2.24) is 10.2 Å². The van der Waals surface area contributed by atoms with Gasteiger partial charge in [-0.05, 0) is 49.7 Å². The lowest BCUT2D eigenvalue weighted by Gasteiger charge is -2.26. The first kappa shape index (κ1) is 14.4. The fourth-order valence-corrected chi connectivity index (χ4v) is 3.49. The van der Waals surface area contributed by atoms with Gasteiger partial charge in [-0.1, -0.05) is 22.4 Å². The van der Waals surface area contributed by atoms with Crippen LogP contribution in [0.2, 0.25) is 0 Å². The van der Waals surface area contributed by atoms with E-state index in [-0.39, 0.29) is 0 Å². The molecular formula is C16H23BrN2O. The number of nitrogens with zero attached hydrogens (tertiary/aromatic N) is 1. The summed E-state index contributed by atoms with van der Waals surface area (Å²) in [6.45, 7) is 5.74. The topological polar surface area (TPSA) is 24.5 Å². The van der Waals surface area contributed by atoms with Crippen molar-refractivity contribution < 1.29 is 4.74 Å². The second-order valence-corrected chi connectivity index (χ2v) is 6.72. The zero-order chi connectivity index (χ0) is 13.8. The van der Waals surface area contributed by atoms with Crippen LogP contribution in [0.4, 0.5) is 0 Å². The predicted octanol–water partition coefficient (Wildman–Crippen LogP) is 2.83. The molecule has 1 fully saturated rings. The summed E-state index contributed by atoms with van der Waals surface area (Å²) in [5.74, 6) is 1.05. The first-order chi connectivity index (χ1) is 9.81.